The number of halogens is 3. The first kappa shape index (κ1) is 12.5. The molecule has 0 saturated heterocycles. The zero-order chi connectivity index (χ0) is 13.2. The first-order valence-electron chi connectivity index (χ1n) is 5.22. The van der Waals surface area contributed by atoms with E-state index in [9.17, 15) is 12.9 Å². The average Bonchev–Trinajstić information content (AvgIpc) is 2.72. The lowest BCUT2D eigenvalue weighted by molar-refractivity contribution is 0.290. The van der Waals surface area contributed by atoms with Crippen LogP contribution in [0, 0.1) is 0 Å². The highest BCUT2D eigenvalue weighted by Crippen LogP contribution is 2.14. The Balaban J connectivity index is 2.01. The van der Waals surface area contributed by atoms with E-state index >= 15 is 0 Å². The third-order valence-corrected chi connectivity index (χ3v) is 2.43. The fourth-order valence-electron chi connectivity index (χ4n) is 1.38. The summed E-state index contributed by atoms with van der Waals surface area (Å²) in [7, 11) is 1.71. The third-order valence-electron chi connectivity index (χ3n) is 2.43. The molecule has 96 valence electrons. The minimum absolute atomic E-state index is 0.160. The number of aryl methyl sites for hydroxylation is 1. The summed E-state index contributed by atoms with van der Waals surface area (Å²) in [6.07, 6.45) is 1.38. The molecule has 0 radical (unpaired) electrons. The maximum absolute atomic E-state index is 12.4. The predicted molar refractivity (Wildman–Crippen MR) is 60.5 cm³/mol. The van der Waals surface area contributed by atoms with E-state index in [1.165, 1.54) is 23.1 Å². The van der Waals surface area contributed by atoms with Gasteiger partial charge < -0.3 is 17.7 Å². The minimum Gasteiger partial charge on any atom is -0.486 e. The fourth-order valence-corrected chi connectivity index (χ4v) is 1.38. The molecule has 0 aliphatic heterocycles. The van der Waals surface area contributed by atoms with Gasteiger partial charge in [-0.2, -0.15) is 5.10 Å². The maximum Gasteiger partial charge on any atom is 0.509 e. The van der Waals surface area contributed by atoms with Crippen LogP contribution in [0.3, 0.4) is 0 Å². The molecule has 0 aliphatic carbocycles. The largest absolute Gasteiger partial charge is 0.509 e. The Morgan fingerprint density at radius 3 is 2.39 bits per heavy atom. The topological polar surface area (TPSA) is 39.9 Å². The van der Waals surface area contributed by atoms with Gasteiger partial charge in [0, 0.05) is 7.05 Å². The molecule has 0 atom stereocenters. The van der Waals surface area contributed by atoms with Gasteiger partial charge in [0.1, 0.15) is 18.7 Å². The van der Waals surface area contributed by atoms with E-state index < -0.39 is 12.4 Å². The van der Waals surface area contributed by atoms with Crippen molar-refractivity contribution in [1.29, 1.82) is 0 Å². The second-order valence-electron chi connectivity index (χ2n) is 3.73. The second kappa shape index (κ2) is 4.71. The Morgan fingerprint density at radius 2 is 1.89 bits per heavy atom. The van der Waals surface area contributed by atoms with Gasteiger partial charge in [-0.05, 0) is 12.1 Å². The Labute approximate surface area is 101 Å². The first-order valence-corrected chi connectivity index (χ1v) is 5.22. The first-order chi connectivity index (χ1) is 8.47. The average molecular weight is 256 g/mol. The molecule has 2 rings (SSSR count). The van der Waals surface area contributed by atoms with Crippen LogP contribution in [-0.4, -0.2) is 21.7 Å². The highest BCUT2D eigenvalue weighted by molar-refractivity contribution is 6.73. The molecule has 0 bridgehead atoms. The molecule has 0 spiro atoms. The van der Waals surface area contributed by atoms with Gasteiger partial charge in [0.25, 0.3) is 0 Å². The molecule has 4 nitrogen and oxygen atoms in total. The van der Waals surface area contributed by atoms with Gasteiger partial charge >= 0.3 is 6.98 Å². The fraction of sp³-hybridized carbons (Fsp3) is 0.200. The third kappa shape index (κ3) is 2.82. The number of rotatable bonds is 4. The summed E-state index contributed by atoms with van der Waals surface area (Å²) in [5, 5.41) is 3.85. The predicted octanol–water partition coefficient (Wildman–Crippen LogP) is 1.45. The molecular weight excluding hydrogens is 246 g/mol. The van der Waals surface area contributed by atoms with Crippen molar-refractivity contribution in [1.82, 2.24) is 14.8 Å². The van der Waals surface area contributed by atoms with Crippen LogP contribution in [0.5, 0.6) is 5.75 Å². The van der Waals surface area contributed by atoms with Crippen molar-refractivity contribution in [2.75, 3.05) is 0 Å². The van der Waals surface area contributed by atoms with Crippen molar-refractivity contribution < 1.29 is 17.7 Å². The van der Waals surface area contributed by atoms with Crippen LogP contribution in [0.15, 0.2) is 30.6 Å². The zero-order valence-electron chi connectivity index (χ0n) is 9.55. The zero-order valence-corrected chi connectivity index (χ0v) is 9.55. The highest BCUT2D eigenvalue weighted by atomic mass is 19.4. The quantitative estimate of drug-likeness (QED) is 0.777. The van der Waals surface area contributed by atoms with Crippen molar-refractivity contribution in [2.24, 2.45) is 7.05 Å². The van der Waals surface area contributed by atoms with E-state index in [0.29, 0.717) is 11.6 Å². The number of ether oxygens (including phenoxy) is 1. The summed E-state index contributed by atoms with van der Waals surface area (Å²) in [6, 6.07) is 4.60. The summed E-state index contributed by atoms with van der Waals surface area (Å²) in [5.41, 5.74) is -0.638. The van der Waals surface area contributed by atoms with Gasteiger partial charge in [0.05, 0.1) is 0 Å². The molecule has 0 saturated carbocycles. The minimum atomic E-state index is -4.96. The molecule has 0 N–H and O–H groups in total. The molecule has 0 unspecified atom stereocenters. The lowest BCUT2D eigenvalue weighted by Crippen LogP contribution is -2.33. The van der Waals surface area contributed by atoms with Gasteiger partial charge in [-0.3, -0.25) is 4.68 Å². The van der Waals surface area contributed by atoms with Gasteiger partial charge in [-0.1, -0.05) is 12.1 Å². The summed E-state index contributed by atoms with van der Waals surface area (Å²) in [4.78, 5) is 3.94. The number of hydrogen-bond acceptors (Lipinski definition) is 3. The molecule has 2 aromatic rings. The molecule has 8 heteroatoms. The molecule has 18 heavy (non-hydrogen) atoms. The summed E-state index contributed by atoms with van der Waals surface area (Å²) < 4.78 is 44.0. The molecule has 0 aliphatic rings. The Bertz CT molecular complexity index is 524. The number of aromatic nitrogens is 3. The van der Waals surface area contributed by atoms with Crippen molar-refractivity contribution >= 4 is 12.4 Å². The van der Waals surface area contributed by atoms with Crippen LogP contribution < -0.4 is 10.2 Å². The van der Waals surface area contributed by atoms with Crippen LogP contribution >= 0.6 is 0 Å². The Kier molecular flexibility index (Phi) is 3.27. The number of benzene rings is 1. The van der Waals surface area contributed by atoms with E-state index in [1.807, 2.05) is 0 Å². The van der Waals surface area contributed by atoms with Crippen LogP contribution in [0.4, 0.5) is 12.9 Å². The lowest BCUT2D eigenvalue weighted by atomic mass is 9.80. The van der Waals surface area contributed by atoms with E-state index in [2.05, 4.69) is 10.1 Å². The van der Waals surface area contributed by atoms with E-state index in [0.717, 1.165) is 12.1 Å². The van der Waals surface area contributed by atoms with Crippen molar-refractivity contribution in [2.45, 2.75) is 6.61 Å². The standard InChI is InChI=1S/C10H10BF3N3O/c1-17-10(15-7-16-17)6-18-9-4-2-8(3-5-9)11(12,13)14/h2-5,7H,6H2,1H3/q-1. The molecule has 1 aromatic carbocycles. The summed E-state index contributed by atoms with van der Waals surface area (Å²) >= 11 is 0. The molecule has 1 heterocycles. The van der Waals surface area contributed by atoms with Crippen LogP contribution in [-0.2, 0) is 13.7 Å². The maximum atomic E-state index is 12.4. The van der Waals surface area contributed by atoms with Gasteiger partial charge in [-0.15, -0.1) is 5.46 Å². The molecule has 0 amide bonds. The van der Waals surface area contributed by atoms with E-state index in [4.69, 9.17) is 4.74 Å². The lowest BCUT2D eigenvalue weighted by Gasteiger charge is -2.15. The van der Waals surface area contributed by atoms with Crippen molar-refractivity contribution in [3.05, 3.63) is 36.4 Å². The van der Waals surface area contributed by atoms with Gasteiger partial charge in [0.2, 0.25) is 0 Å². The van der Waals surface area contributed by atoms with E-state index in [1.54, 1.807) is 7.05 Å². The Hall–Kier alpha value is -1.99. The van der Waals surface area contributed by atoms with Crippen LogP contribution in [0.2, 0.25) is 0 Å². The van der Waals surface area contributed by atoms with Crippen LogP contribution in [0.25, 0.3) is 0 Å². The van der Waals surface area contributed by atoms with E-state index in [-0.39, 0.29) is 6.61 Å². The molecule has 0 fully saturated rings. The highest BCUT2D eigenvalue weighted by Gasteiger charge is 2.24. The normalized spacial score (nSPS) is 11.6. The van der Waals surface area contributed by atoms with Gasteiger partial charge in [0.15, 0.2) is 5.82 Å². The SMILES string of the molecule is Cn1ncnc1COc1ccc([B-](F)(F)F)cc1. The molecular formula is C10H10BF3N3O-. The second-order valence-corrected chi connectivity index (χ2v) is 3.73. The van der Waals surface area contributed by atoms with Crippen molar-refractivity contribution in [3.63, 3.8) is 0 Å². The number of nitrogens with zero attached hydrogens (tertiary/aromatic N) is 3. The monoisotopic (exact) mass is 256 g/mol. The summed E-state index contributed by atoms with van der Waals surface area (Å²) in [6.45, 7) is -4.80. The molecule has 1 aromatic heterocycles. The van der Waals surface area contributed by atoms with Crippen molar-refractivity contribution in [3.8, 4) is 5.75 Å². The summed E-state index contributed by atoms with van der Waals surface area (Å²) in [5.74, 6) is 0.959. The number of hydrogen-bond donors (Lipinski definition) is 0. The Morgan fingerprint density at radius 1 is 1.22 bits per heavy atom. The van der Waals surface area contributed by atoms with Gasteiger partial charge in [-0.25, -0.2) is 4.98 Å². The van der Waals surface area contributed by atoms with Crippen LogP contribution in [0.1, 0.15) is 5.82 Å². The smallest absolute Gasteiger partial charge is 0.486 e.